The first-order valence-corrected chi connectivity index (χ1v) is 5.45. The van der Waals surface area contributed by atoms with Crippen LogP contribution in [0.15, 0.2) is 24.3 Å². The van der Waals surface area contributed by atoms with E-state index >= 15 is 0 Å². The number of carbonyl (C=O) groups is 1. The molecule has 0 fully saturated rings. The van der Waals surface area contributed by atoms with Gasteiger partial charge in [-0.3, -0.25) is 4.90 Å². The van der Waals surface area contributed by atoms with E-state index in [2.05, 4.69) is 0 Å². The number of amides is 2. The van der Waals surface area contributed by atoms with Gasteiger partial charge in [0.2, 0.25) is 0 Å². The molecule has 0 saturated heterocycles. The standard InChI is InChI=1S/C12H17N3O/c1-9(13)7-15-11-6-4-3-5-10(11)8-14(2)12(15)16/h3-6,9H,7-8,13H2,1-2H3. The van der Waals surface area contributed by atoms with Gasteiger partial charge in [-0.15, -0.1) is 0 Å². The van der Waals surface area contributed by atoms with Gasteiger partial charge in [0.25, 0.3) is 0 Å². The van der Waals surface area contributed by atoms with Crippen LogP contribution in [0, 0.1) is 0 Å². The maximum Gasteiger partial charge on any atom is 0.324 e. The van der Waals surface area contributed by atoms with Crippen molar-refractivity contribution >= 4 is 11.7 Å². The first kappa shape index (κ1) is 11.0. The number of benzene rings is 1. The summed E-state index contributed by atoms with van der Waals surface area (Å²) in [5.41, 5.74) is 7.94. The van der Waals surface area contributed by atoms with Gasteiger partial charge < -0.3 is 10.6 Å². The van der Waals surface area contributed by atoms with Crippen LogP contribution < -0.4 is 10.6 Å². The molecule has 1 atom stereocenters. The maximum atomic E-state index is 12.0. The van der Waals surface area contributed by atoms with Crippen LogP contribution >= 0.6 is 0 Å². The van der Waals surface area contributed by atoms with E-state index in [0.717, 1.165) is 5.69 Å². The molecule has 0 spiro atoms. The van der Waals surface area contributed by atoms with Crippen molar-refractivity contribution in [1.29, 1.82) is 0 Å². The number of nitrogens with two attached hydrogens (primary N) is 1. The van der Waals surface area contributed by atoms with Gasteiger partial charge in [-0.1, -0.05) is 18.2 Å². The van der Waals surface area contributed by atoms with Gasteiger partial charge >= 0.3 is 6.03 Å². The molecule has 4 nitrogen and oxygen atoms in total. The Balaban J connectivity index is 2.38. The molecule has 0 radical (unpaired) electrons. The molecule has 0 saturated carbocycles. The lowest BCUT2D eigenvalue weighted by molar-refractivity contribution is 0.210. The molecule has 16 heavy (non-hydrogen) atoms. The highest BCUT2D eigenvalue weighted by Gasteiger charge is 2.27. The smallest absolute Gasteiger partial charge is 0.324 e. The van der Waals surface area contributed by atoms with Crippen molar-refractivity contribution in [2.24, 2.45) is 5.73 Å². The summed E-state index contributed by atoms with van der Waals surface area (Å²) >= 11 is 0. The van der Waals surface area contributed by atoms with Gasteiger partial charge in [0.1, 0.15) is 0 Å². The fourth-order valence-electron chi connectivity index (χ4n) is 2.00. The van der Waals surface area contributed by atoms with Crippen molar-refractivity contribution in [3.8, 4) is 0 Å². The summed E-state index contributed by atoms with van der Waals surface area (Å²) in [6.07, 6.45) is 0. The molecule has 86 valence electrons. The summed E-state index contributed by atoms with van der Waals surface area (Å²) in [5, 5.41) is 0. The molecule has 1 aliphatic rings. The van der Waals surface area contributed by atoms with Crippen LogP contribution in [0.25, 0.3) is 0 Å². The van der Waals surface area contributed by atoms with E-state index in [1.54, 1.807) is 9.80 Å². The van der Waals surface area contributed by atoms with E-state index < -0.39 is 0 Å². The lowest BCUT2D eigenvalue weighted by atomic mass is 10.1. The van der Waals surface area contributed by atoms with Crippen LogP contribution in [0.2, 0.25) is 0 Å². The molecular weight excluding hydrogens is 202 g/mol. The van der Waals surface area contributed by atoms with Crippen molar-refractivity contribution in [2.75, 3.05) is 18.5 Å². The molecule has 0 aliphatic carbocycles. The van der Waals surface area contributed by atoms with Crippen LogP contribution in [0.4, 0.5) is 10.5 Å². The third-order valence-electron chi connectivity index (χ3n) is 2.72. The van der Waals surface area contributed by atoms with E-state index in [-0.39, 0.29) is 12.1 Å². The number of rotatable bonds is 2. The van der Waals surface area contributed by atoms with Crippen molar-refractivity contribution in [3.63, 3.8) is 0 Å². The molecule has 1 aromatic rings. The zero-order valence-electron chi connectivity index (χ0n) is 9.68. The molecule has 1 unspecified atom stereocenters. The fourth-order valence-corrected chi connectivity index (χ4v) is 2.00. The zero-order chi connectivity index (χ0) is 11.7. The highest BCUT2D eigenvalue weighted by Crippen LogP contribution is 2.27. The number of urea groups is 1. The molecule has 1 aliphatic heterocycles. The summed E-state index contributed by atoms with van der Waals surface area (Å²) < 4.78 is 0. The Morgan fingerprint density at radius 1 is 1.44 bits per heavy atom. The van der Waals surface area contributed by atoms with Gasteiger partial charge in [-0.25, -0.2) is 4.79 Å². The lowest BCUT2D eigenvalue weighted by Gasteiger charge is -2.35. The lowest BCUT2D eigenvalue weighted by Crippen LogP contribution is -2.49. The molecule has 1 heterocycles. The third-order valence-corrected chi connectivity index (χ3v) is 2.72. The van der Waals surface area contributed by atoms with Crippen molar-refractivity contribution in [2.45, 2.75) is 19.5 Å². The molecule has 0 bridgehead atoms. The highest BCUT2D eigenvalue weighted by molar-refractivity contribution is 5.94. The molecule has 2 amide bonds. The number of hydrogen-bond acceptors (Lipinski definition) is 2. The number of nitrogens with zero attached hydrogens (tertiary/aromatic N) is 2. The summed E-state index contributed by atoms with van der Waals surface area (Å²) in [5.74, 6) is 0. The van der Waals surface area contributed by atoms with Crippen LogP contribution in [-0.2, 0) is 6.54 Å². The normalized spacial score (nSPS) is 17.3. The molecule has 1 aromatic carbocycles. The van der Waals surface area contributed by atoms with Crippen molar-refractivity contribution < 1.29 is 4.79 Å². The largest absolute Gasteiger partial charge is 0.326 e. The van der Waals surface area contributed by atoms with Crippen LogP contribution in [0.5, 0.6) is 0 Å². The molecular formula is C12H17N3O. The Labute approximate surface area is 95.6 Å². The average molecular weight is 219 g/mol. The predicted octanol–water partition coefficient (Wildman–Crippen LogP) is 1.41. The van der Waals surface area contributed by atoms with E-state index in [0.29, 0.717) is 13.1 Å². The van der Waals surface area contributed by atoms with Crippen molar-refractivity contribution in [3.05, 3.63) is 29.8 Å². The van der Waals surface area contributed by atoms with Crippen LogP contribution in [0.1, 0.15) is 12.5 Å². The Kier molecular flexibility index (Phi) is 2.83. The second-order valence-corrected chi connectivity index (χ2v) is 4.36. The van der Waals surface area contributed by atoms with Gasteiger partial charge in [-0.2, -0.15) is 0 Å². The number of para-hydroxylation sites is 1. The first-order valence-electron chi connectivity index (χ1n) is 5.45. The zero-order valence-corrected chi connectivity index (χ0v) is 9.68. The second kappa shape index (κ2) is 4.14. The van der Waals surface area contributed by atoms with E-state index in [4.69, 9.17) is 5.73 Å². The monoisotopic (exact) mass is 219 g/mol. The molecule has 2 rings (SSSR count). The highest BCUT2D eigenvalue weighted by atomic mass is 16.2. The Morgan fingerprint density at radius 3 is 2.81 bits per heavy atom. The Hall–Kier alpha value is -1.55. The predicted molar refractivity (Wildman–Crippen MR) is 64.3 cm³/mol. The fraction of sp³-hybridized carbons (Fsp3) is 0.417. The Bertz CT molecular complexity index is 403. The van der Waals surface area contributed by atoms with Crippen LogP contribution in [0.3, 0.4) is 0 Å². The first-order chi connectivity index (χ1) is 7.59. The summed E-state index contributed by atoms with van der Waals surface area (Å²) in [6, 6.07) is 7.97. The number of carbonyl (C=O) groups excluding carboxylic acids is 1. The summed E-state index contributed by atoms with van der Waals surface area (Å²) in [6.45, 7) is 3.13. The maximum absolute atomic E-state index is 12.0. The third kappa shape index (κ3) is 1.88. The average Bonchev–Trinajstić information content (AvgIpc) is 2.24. The molecule has 2 N–H and O–H groups in total. The van der Waals surface area contributed by atoms with E-state index in [1.807, 2.05) is 38.2 Å². The van der Waals surface area contributed by atoms with Gasteiger partial charge in [0.15, 0.2) is 0 Å². The SMILES string of the molecule is CC(N)CN1C(=O)N(C)Cc2ccccc21. The topological polar surface area (TPSA) is 49.6 Å². The minimum atomic E-state index is -0.0245. The Morgan fingerprint density at radius 2 is 2.12 bits per heavy atom. The number of fused-ring (bicyclic) bond motifs is 1. The minimum absolute atomic E-state index is 0.0241. The summed E-state index contributed by atoms with van der Waals surface area (Å²) in [4.78, 5) is 15.5. The molecule has 4 heteroatoms. The van der Waals surface area contributed by atoms with E-state index in [1.165, 1.54) is 5.56 Å². The molecule has 0 aromatic heterocycles. The van der Waals surface area contributed by atoms with Crippen LogP contribution in [-0.4, -0.2) is 30.6 Å². The minimum Gasteiger partial charge on any atom is -0.326 e. The second-order valence-electron chi connectivity index (χ2n) is 4.36. The van der Waals surface area contributed by atoms with Gasteiger partial charge in [0, 0.05) is 26.2 Å². The van der Waals surface area contributed by atoms with Gasteiger partial charge in [-0.05, 0) is 18.6 Å². The summed E-state index contributed by atoms with van der Waals surface area (Å²) in [7, 11) is 1.81. The quantitative estimate of drug-likeness (QED) is 0.817. The van der Waals surface area contributed by atoms with Crippen molar-refractivity contribution in [1.82, 2.24) is 4.90 Å². The number of anilines is 1. The van der Waals surface area contributed by atoms with E-state index in [9.17, 15) is 4.79 Å². The van der Waals surface area contributed by atoms with Gasteiger partial charge in [0.05, 0.1) is 5.69 Å². The number of hydrogen-bond donors (Lipinski definition) is 1.